The van der Waals surface area contributed by atoms with Gasteiger partial charge in [-0.3, -0.25) is 19.0 Å². The second-order valence-electron chi connectivity index (χ2n) is 7.23. The highest BCUT2D eigenvalue weighted by Gasteiger charge is 2.27. The summed E-state index contributed by atoms with van der Waals surface area (Å²) in [6.45, 7) is 7.55. The molecule has 28 heavy (non-hydrogen) atoms. The van der Waals surface area contributed by atoms with Crippen LogP contribution in [0.25, 0.3) is 10.3 Å². The second-order valence-corrected chi connectivity index (χ2v) is 8.21. The Morgan fingerprint density at radius 3 is 2.89 bits per heavy atom. The molecule has 1 saturated heterocycles. The number of nitrogens with one attached hydrogen (secondary N) is 2. The Bertz CT molecular complexity index is 922. The summed E-state index contributed by atoms with van der Waals surface area (Å²) in [5.41, 5.74) is 0.107. The third kappa shape index (κ3) is 4.49. The van der Waals surface area contributed by atoms with Crippen molar-refractivity contribution >= 4 is 38.6 Å². The molecule has 2 aromatic heterocycles. The van der Waals surface area contributed by atoms with Crippen LogP contribution in [-0.4, -0.2) is 52.0 Å². The summed E-state index contributed by atoms with van der Waals surface area (Å²) < 4.78 is 1.73. The molecule has 3 heterocycles. The van der Waals surface area contributed by atoms with Gasteiger partial charge in [-0.15, -0.1) is 0 Å². The molecule has 1 fully saturated rings. The van der Waals surface area contributed by atoms with E-state index in [2.05, 4.69) is 20.6 Å². The van der Waals surface area contributed by atoms with E-state index >= 15 is 0 Å². The van der Waals surface area contributed by atoms with Crippen LogP contribution in [-0.2, 0) is 16.1 Å². The Hall–Kier alpha value is -2.49. The molecule has 0 spiro atoms. The number of hydrogen-bond donors (Lipinski definition) is 2. The topological polar surface area (TPSA) is 109 Å². The highest BCUT2D eigenvalue weighted by atomic mass is 32.1. The maximum absolute atomic E-state index is 12.7. The minimum absolute atomic E-state index is 0.00635. The summed E-state index contributed by atoms with van der Waals surface area (Å²) >= 11 is 1.27. The zero-order chi connectivity index (χ0) is 20.3. The van der Waals surface area contributed by atoms with Crippen molar-refractivity contribution in [3.63, 3.8) is 0 Å². The number of amides is 2. The average molecular weight is 407 g/mol. The first-order chi connectivity index (χ1) is 13.4. The normalized spacial score (nSPS) is 17.1. The fraction of sp³-hybridized carbons (Fsp3) is 0.611. The second kappa shape index (κ2) is 8.68. The van der Waals surface area contributed by atoms with Gasteiger partial charge >= 0.3 is 0 Å². The van der Waals surface area contributed by atoms with Gasteiger partial charge in [-0.2, -0.15) is 4.98 Å². The first kappa shape index (κ1) is 20.2. The van der Waals surface area contributed by atoms with Gasteiger partial charge in [-0.05, 0) is 33.6 Å². The van der Waals surface area contributed by atoms with E-state index in [1.807, 2.05) is 25.7 Å². The molecule has 152 valence electrons. The van der Waals surface area contributed by atoms with Crippen LogP contribution in [0.15, 0.2) is 11.1 Å². The molecule has 9 nitrogen and oxygen atoms in total. The summed E-state index contributed by atoms with van der Waals surface area (Å²) in [5.74, 6) is -0.251. The molecule has 2 amide bonds. The van der Waals surface area contributed by atoms with Gasteiger partial charge in [0.2, 0.25) is 11.8 Å². The predicted octanol–water partition coefficient (Wildman–Crippen LogP) is 0.730. The Morgan fingerprint density at radius 1 is 1.39 bits per heavy atom. The summed E-state index contributed by atoms with van der Waals surface area (Å²) in [5, 5.41) is 6.33. The number of nitrogens with zero attached hydrogens (tertiary/aromatic N) is 4. The van der Waals surface area contributed by atoms with Crippen molar-refractivity contribution in [3.8, 4) is 0 Å². The van der Waals surface area contributed by atoms with Crippen molar-refractivity contribution in [1.29, 1.82) is 0 Å². The fourth-order valence-corrected chi connectivity index (χ4v) is 4.29. The molecule has 0 radical (unpaired) electrons. The standard InChI is InChI=1S/C18H26N6O3S/c1-4-19-16(26)12-6-5-7-23(8-12)18-22-15-14(28-18)17(27)24(10-20-15)9-13(25)21-11(2)3/h10-12H,4-9H2,1-3H3,(H,19,26)(H,21,25)/t12-/m1/s1. The van der Waals surface area contributed by atoms with Gasteiger partial charge in [0, 0.05) is 25.7 Å². The Morgan fingerprint density at radius 2 is 2.18 bits per heavy atom. The van der Waals surface area contributed by atoms with Gasteiger partial charge in [0.05, 0.1) is 5.92 Å². The van der Waals surface area contributed by atoms with Crippen LogP contribution >= 0.6 is 11.3 Å². The van der Waals surface area contributed by atoms with Gasteiger partial charge in [0.15, 0.2) is 10.8 Å². The summed E-state index contributed by atoms with van der Waals surface area (Å²) in [6.07, 6.45) is 3.11. The molecule has 2 N–H and O–H groups in total. The van der Waals surface area contributed by atoms with Crippen molar-refractivity contribution < 1.29 is 9.59 Å². The number of hydrogen-bond acceptors (Lipinski definition) is 7. The maximum atomic E-state index is 12.7. The van der Waals surface area contributed by atoms with E-state index in [0.29, 0.717) is 28.6 Å². The van der Waals surface area contributed by atoms with E-state index in [-0.39, 0.29) is 35.9 Å². The average Bonchev–Trinajstić information content (AvgIpc) is 3.09. The minimum Gasteiger partial charge on any atom is -0.356 e. The first-order valence-corrected chi connectivity index (χ1v) is 10.4. The van der Waals surface area contributed by atoms with Crippen LogP contribution in [0.2, 0.25) is 0 Å². The van der Waals surface area contributed by atoms with Crippen LogP contribution < -0.4 is 21.1 Å². The van der Waals surface area contributed by atoms with Gasteiger partial charge in [-0.1, -0.05) is 11.3 Å². The Kier molecular flexibility index (Phi) is 6.28. The summed E-state index contributed by atoms with van der Waals surface area (Å²) in [6, 6.07) is 0.00635. The van der Waals surface area contributed by atoms with Crippen LogP contribution in [0, 0.1) is 5.92 Å². The maximum Gasteiger partial charge on any atom is 0.273 e. The quantitative estimate of drug-likeness (QED) is 0.732. The van der Waals surface area contributed by atoms with Gasteiger partial charge in [0.25, 0.3) is 5.56 Å². The van der Waals surface area contributed by atoms with Crippen molar-refractivity contribution in [2.45, 2.75) is 46.2 Å². The molecule has 0 bridgehead atoms. The lowest BCUT2D eigenvalue weighted by atomic mass is 9.97. The van der Waals surface area contributed by atoms with E-state index in [1.165, 1.54) is 22.2 Å². The predicted molar refractivity (Wildman–Crippen MR) is 109 cm³/mol. The van der Waals surface area contributed by atoms with Crippen molar-refractivity contribution in [1.82, 2.24) is 25.2 Å². The highest BCUT2D eigenvalue weighted by Crippen LogP contribution is 2.29. The Balaban J connectivity index is 1.80. The van der Waals surface area contributed by atoms with E-state index < -0.39 is 0 Å². The van der Waals surface area contributed by atoms with Gasteiger partial charge < -0.3 is 15.5 Å². The molecule has 3 rings (SSSR count). The fourth-order valence-electron chi connectivity index (χ4n) is 3.29. The van der Waals surface area contributed by atoms with Crippen molar-refractivity contribution in [3.05, 3.63) is 16.7 Å². The minimum atomic E-state index is -0.273. The van der Waals surface area contributed by atoms with E-state index in [0.717, 1.165) is 19.4 Å². The summed E-state index contributed by atoms with van der Waals surface area (Å²) in [4.78, 5) is 47.7. The largest absolute Gasteiger partial charge is 0.356 e. The lowest BCUT2D eigenvalue weighted by molar-refractivity contribution is -0.125. The molecular weight excluding hydrogens is 380 g/mol. The third-order valence-corrected chi connectivity index (χ3v) is 5.64. The van der Waals surface area contributed by atoms with Crippen LogP contribution in [0.3, 0.4) is 0 Å². The van der Waals surface area contributed by atoms with Crippen LogP contribution in [0.5, 0.6) is 0 Å². The number of anilines is 1. The van der Waals surface area contributed by atoms with Crippen molar-refractivity contribution in [2.75, 3.05) is 24.5 Å². The molecule has 10 heteroatoms. The first-order valence-electron chi connectivity index (χ1n) is 9.57. The van der Waals surface area contributed by atoms with Gasteiger partial charge in [0.1, 0.15) is 17.6 Å². The number of aromatic nitrogens is 3. The zero-order valence-corrected chi connectivity index (χ0v) is 17.2. The lowest BCUT2D eigenvalue weighted by Crippen LogP contribution is -2.43. The number of thiazole rings is 1. The smallest absolute Gasteiger partial charge is 0.273 e. The molecule has 1 aliphatic rings. The number of rotatable bonds is 6. The van der Waals surface area contributed by atoms with E-state index in [9.17, 15) is 14.4 Å². The number of carbonyl (C=O) groups excluding carboxylic acids is 2. The third-order valence-electron chi connectivity index (χ3n) is 4.55. The molecule has 0 unspecified atom stereocenters. The number of fused-ring (bicyclic) bond motifs is 1. The number of piperidine rings is 1. The molecule has 2 aromatic rings. The Labute approximate surface area is 167 Å². The molecule has 0 saturated carbocycles. The highest BCUT2D eigenvalue weighted by molar-refractivity contribution is 7.22. The van der Waals surface area contributed by atoms with Gasteiger partial charge in [-0.25, -0.2) is 4.98 Å². The van der Waals surface area contributed by atoms with E-state index in [4.69, 9.17) is 0 Å². The van der Waals surface area contributed by atoms with Crippen molar-refractivity contribution in [2.24, 2.45) is 5.92 Å². The van der Waals surface area contributed by atoms with Crippen LogP contribution in [0.4, 0.5) is 5.13 Å². The molecule has 1 aliphatic heterocycles. The number of carbonyl (C=O) groups is 2. The summed E-state index contributed by atoms with van der Waals surface area (Å²) in [7, 11) is 0. The SMILES string of the molecule is CCNC(=O)[C@@H]1CCCN(c2nc3ncn(CC(=O)NC(C)C)c(=O)c3s2)C1. The van der Waals surface area contributed by atoms with E-state index in [1.54, 1.807) is 0 Å². The zero-order valence-electron chi connectivity index (χ0n) is 16.4. The lowest BCUT2D eigenvalue weighted by Gasteiger charge is -2.31. The molecule has 0 aromatic carbocycles. The molecule has 1 atom stereocenters. The molecular formula is C18H26N6O3S. The van der Waals surface area contributed by atoms with Crippen LogP contribution in [0.1, 0.15) is 33.6 Å². The molecule has 0 aliphatic carbocycles. The monoisotopic (exact) mass is 406 g/mol.